The predicted molar refractivity (Wildman–Crippen MR) is 147 cm³/mol. The molecule has 2 atom stereocenters. The molecule has 0 saturated heterocycles. The molecule has 0 radical (unpaired) electrons. The molecule has 3 aromatic carbocycles. The van der Waals surface area contributed by atoms with Gasteiger partial charge in [-0.1, -0.05) is 37.3 Å². The van der Waals surface area contributed by atoms with Crippen molar-refractivity contribution in [2.24, 2.45) is 0 Å². The molecule has 2 heterocycles. The first-order valence-corrected chi connectivity index (χ1v) is 12.6. The van der Waals surface area contributed by atoms with Gasteiger partial charge >= 0.3 is 5.69 Å². The Bertz CT molecular complexity index is 1540. The van der Waals surface area contributed by atoms with Crippen molar-refractivity contribution in [3.05, 3.63) is 98.2 Å². The number of nitrogens with one attached hydrogen (secondary N) is 2. The number of aromatic amines is 2. The Morgan fingerprint density at radius 3 is 2.53 bits per heavy atom. The molecular formula is C27H25IN4O4. The maximum Gasteiger partial charge on any atom is 0.329 e. The fraction of sp³-hybridized carbons (Fsp3) is 0.185. The SMILES string of the molecule is C[C@@H](c1ccccc1)[C@@H](c1nc2ccc(I)cc2[nH]1)n1c(O)c(-c2ccc(OCCO)cc2)[nH]c1=O. The number of hydrogen-bond donors (Lipinski definition) is 4. The van der Waals surface area contributed by atoms with Gasteiger partial charge in [0.1, 0.15) is 29.9 Å². The van der Waals surface area contributed by atoms with Crippen molar-refractivity contribution in [3.8, 4) is 22.9 Å². The van der Waals surface area contributed by atoms with E-state index in [-0.39, 0.29) is 25.0 Å². The molecule has 0 amide bonds. The van der Waals surface area contributed by atoms with Crippen LogP contribution in [-0.4, -0.2) is 42.9 Å². The van der Waals surface area contributed by atoms with E-state index < -0.39 is 11.7 Å². The Labute approximate surface area is 220 Å². The maximum atomic E-state index is 13.3. The van der Waals surface area contributed by atoms with E-state index in [1.807, 2.05) is 55.5 Å². The van der Waals surface area contributed by atoms with Gasteiger partial charge in [-0.2, -0.15) is 0 Å². The van der Waals surface area contributed by atoms with Crippen LogP contribution in [0, 0.1) is 3.57 Å². The van der Waals surface area contributed by atoms with E-state index >= 15 is 0 Å². The maximum absolute atomic E-state index is 13.3. The number of aliphatic hydroxyl groups excluding tert-OH is 1. The minimum absolute atomic E-state index is 0.0827. The zero-order valence-corrected chi connectivity index (χ0v) is 21.6. The Hall–Kier alpha value is -3.57. The Morgan fingerprint density at radius 2 is 1.81 bits per heavy atom. The first-order valence-electron chi connectivity index (χ1n) is 11.5. The van der Waals surface area contributed by atoms with Crippen LogP contribution in [0.2, 0.25) is 0 Å². The number of ether oxygens (including phenoxy) is 1. The molecule has 9 heteroatoms. The first kappa shape index (κ1) is 24.1. The Balaban J connectivity index is 1.62. The van der Waals surface area contributed by atoms with Gasteiger partial charge in [0.2, 0.25) is 5.88 Å². The van der Waals surface area contributed by atoms with Crippen LogP contribution in [0.15, 0.2) is 77.6 Å². The number of aromatic hydroxyl groups is 1. The summed E-state index contributed by atoms with van der Waals surface area (Å²) in [5.74, 6) is 0.805. The van der Waals surface area contributed by atoms with Crippen molar-refractivity contribution in [1.82, 2.24) is 19.5 Å². The molecule has 0 unspecified atom stereocenters. The first-order chi connectivity index (χ1) is 17.5. The lowest BCUT2D eigenvalue weighted by atomic mass is 9.92. The Morgan fingerprint density at radius 1 is 1.06 bits per heavy atom. The van der Waals surface area contributed by atoms with Crippen LogP contribution in [0.25, 0.3) is 22.3 Å². The summed E-state index contributed by atoms with van der Waals surface area (Å²) >= 11 is 2.25. The van der Waals surface area contributed by atoms with Crippen LogP contribution in [0.1, 0.15) is 30.3 Å². The zero-order chi connectivity index (χ0) is 25.2. The predicted octanol–water partition coefficient (Wildman–Crippen LogP) is 4.79. The van der Waals surface area contributed by atoms with Crippen molar-refractivity contribution in [1.29, 1.82) is 0 Å². The van der Waals surface area contributed by atoms with Crippen LogP contribution in [0.5, 0.6) is 11.6 Å². The van der Waals surface area contributed by atoms with E-state index in [2.05, 4.69) is 32.6 Å². The lowest BCUT2D eigenvalue weighted by Crippen LogP contribution is -2.27. The quantitative estimate of drug-likeness (QED) is 0.192. The summed E-state index contributed by atoms with van der Waals surface area (Å²) in [5.41, 5.74) is 3.17. The number of benzene rings is 3. The number of imidazole rings is 2. The highest BCUT2D eigenvalue weighted by Gasteiger charge is 2.31. The average molecular weight is 596 g/mol. The third kappa shape index (κ3) is 4.63. The molecule has 0 fully saturated rings. The van der Waals surface area contributed by atoms with E-state index in [9.17, 15) is 9.90 Å². The highest BCUT2D eigenvalue weighted by Crippen LogP contribution is 2.38. The number of aliphatic hydroxyl groups is 1. The number of nitrogens with zero attached hydrogens (tertiary/aromatic N) is 2. The highest BCUT2D eigenvalue weighted by molar-refractivity contribution is 14.1. The van der Waals surface area contributed by atoms with Gasteiger partial charge in [-0.3, -0.25) is 4.57 Å². The zero-order valence-electron chi connectivity index (χ0n) is 19.5. The number of fused-ring (bicyclic) bond motifs is 1. The molecular weight excluding hydrogens is 571 g/mol. The number of halogens is 1. The summed E-state index contributed by atoms with van der Waals surface area (Å²) in [7, 11) is 0. The number of H-pyrrole nitrogens is 2. The van der Waals surface area contributed by atoms with E-state index in [0.29, 0.717) is 22.8 Å². The topological polar surface area (TPSA) is 116 Å². The van der Waals surface area contributed by atoms with Gasteiger partial charge in [-0.05, 0) is 70.6 Å². The molecule has 8 nitrogen and oxygen atoms in total. The van der Waals surface area contributed by atoms with Crippen LogP contribution >= 0.6 is 22.6 Å². The van der Waals surface area contributed by atoms with Gasteiger partial charge in [0.15, 0.2) is 0 Å². The van der Waals surface area contributed by atoms with Gasteiger partial charge < -0.3 is 24.9 Å². The molecule has 0 aliphatic heterocycles. The second-order valence-electron chi connectivity index (χ2n) is 8.52. The second-order valence-corrected chi connectivity index (χ2v) is 9.77. The standard InChI is InChI=1S/C27H25IN4O4/c1-16(17-5-3-2-4-6-17)24(25-29-21-12-9-19(28)15-22(21)30-25)32-26(34)23(31-27(32)35)18-7-10-20(11-8-18)36-14-13-33/h2-12,15-16,24,33-34H,13-14H2,1H3,(H,29,30)(H,31,35)/t16-,24-/m0/s1. The molecule has 0 saturated carbocycles. The molecule has 36 heavy (non-hydrogen) atoms. The van der Waals surface area contributed by atoms with Gasteiger partial charge in [0.05, 0.1) is 17.6 Å². The summed E-state index contributed by atoms with van der Waals surface area (Å²) in [6.45, 7) is 2.12. The molecule has 0 aliphatic carbocycles. The van der Waals surface area contributed by atoms with E-state index in [1.54, 1.807) is 24.3 Å². The smallest absolute Gasteiger partial charge is 0.329 e. The van der Waals surface area contributed by atoms with Crippen molar-refractivity contribution in [2.45, 2.75) is 18.9 Å². The molecule has 5 rings (SSSR count). The summed E-state index contributed by atoms with van der Waals surface area (Å²) in [4.78, 5) is 24.3. The summed E-state index contributed by atoms with van der Waals surface area (Å²) < 4.78 is 7.85. The van der Waals surface area contributed by atoms with Crippen molar-refractivity contribution in [2.75, 3.05) is 13.2 Å². The van der Waals surface area contributed by atoms with Crippen LogP contribution in [0.4, 0.5) is 0 Å². The average Bonchev–Trinajstić information content (AvgIpc) is 3.44. The minimum atomic E-state index is -0.595. The van der Waals surface area contributed by atoms with Crippen molar-refractivity contribution >= 4 is 33.6 Å². The second kappa shape index (κ2) is 10.2. The molecule has 4 N–H and O–H groups in total. The van der Waals surface area contributed by atoms with Crippen LogP contribution < -0.4 is 10.4 Å². The van der Waals surface area contributed by atoms with Crippen molar-refractivity contribution < 1.29 is 14.9 Å². The molecule has 0 bridgehead atoms. The van der Waals surface area contributed by atoms with Gasteiger partial charge in [0, 0.05) is 15.1 Å². The monoisotopic (exact) mass is 596 g/mol. The lowest BCUT2D eigenvalue weighted by Gasteiger charge is -2.24. The van der Waals surface area contributed by atoms with E-state index in [0.717, 1.165) is 20.2 Å². The Kier molecular flexibility index (Phi) is 6.84. The van der Waals surface area contributed by atoms with Crippen LogP contribution in [-0.2, 0) is 0 Å². The summed E-state index contributed by atoms with van der Waals surface area (Å²) in [6, 6.07) is 22.1. The fourth-order valence-electron chi connectivity index (χ4n) is 4.44. The summed E-state index contributed by atoms with van der Waals surface area (Å²) in [5, 5.41) is 20.3. The number of aromatic nitrogens is 4. The molecule has 5 aromatic rings. The third-order valence-corrected chi connectivity index (χ3v) is 6.90. The van der Waals surface area contributed by atoms with Gasteiger partial charge in [0.25, 0.3) is 0 Å². The van der Waals surface area contributed by atoms with Gasteiger partial charge in [-0.15, -0.1) is 0 Å². The highest BCUT2D eigenvalue weighted by atomic mass is 127. The fourth-order valence-corrected chi connectivity index (χ4v) is 4.93. The van der Waals surface area contributed by atoms with Crippen LogP contribution in [0.3, 0.4) is 0 Å². The molecule has 2 aromatic heterocycles. The lowest BCUT2D eigenvalue weighted by molar-refractivity contribution is 0.201. The van der Waals surface area contributed by atoms with Crippen molar-refractivity contribution in [3.63, 3.8) is 0 Å². The third-order valence-electron chi connectivity index (χ3n) is 6.23. The van der Waals surface area contributed by atoms with E-state index in [1.165, 1.54) is 4.57 Å². The normalized spacial score (nSPS) is 13.1. The molecule has 184 valence electrons. The number of hydrogen-bond acceptors (Lipinski definition) is 5. The molecule has 0 aliphatic rings. The minimum Gasteiger partial charge on any atom is -0.493 e. The summed E-state index contributed by atoms with van der Waals surface area (Å²) in [6.07, 6.45) is 0. The van der Waals surface area contributed by atoms with E-state index in [4.69, 9.17) is 14.8 Å². The number of rotatable bonds is 8. The van der Waals surface area contributed by atoms with Gasteiger partial charge in [-0.25, -0.2) is 9.78 Å². The molecule has 0 spiro atoms. The largest absolute Gasteiger partial charge is 0.493 e.